The summed E-state index contributed by atoms with van der Waals surface area (Å²) >= 11 is 0. The van der Waals surface area contributed by atoms with E-state index in [2.05, 4.69) is 34.2 Å². The molecule has 1 aromatic heterocycles. The van der Waals surface area contributed by atoms with Crippen LogP contribution in [0.25, 0.3) is 0 Å². The van der Waals surface area contributed by atoms with Crippen LogP contribution in [0, 0.1) is 6.92 Å². The number of nitrogens with zero attached hydrogens (tertiary/aromatic N) is 1. The van der Waals surface area contributed by atoms with Gasteiger partial charge in [-0.1, -0.05) is 30.3 Å². The van der Waals surface area contributed by atoms with Crippen molar-refractivity contribution in [3.8, 4) is 0 Å². The van der Waals surface area contributed by atoms with Crippen molar-refractivity contribution in [2.75, 3.05) is 0 Å². The van der Waals surface area contributed by atoms with Gasteiger partial charge in [-0.15, -0.1) is 0 Å². The van der Waals surface area contributed by atoms with Crippen LogP contribution in [0.15, 0.2) is 36.5 Å². The number of aromatic amines is 1. The van der Waals surface area contributed by atoms with E-state index >= 15 is 0 Å². The summed E-state index contributed by atoms with van der Waals surface area (Å²) in [6.45, 7) is 1.97. The second-order valence-electron chi connectivity index (χ2n) is 3.16. The van der Waals surface area contributed by atoms with Crippen molar-refractivity contribution in [3.63, 3.8) is 0 Å². The molecule has 1 N–H and O–H groups in total. The lowest BCUT2D eigenvalue weighted by Gasteiger charge is -1.96. The highest BCUT2D eigenvalue weighted by atomic mass is 19.0. The molecular formula is C11H16BF4N2. The highest BCUT2D eigenvalue weighted by Gasteiger charge is 1.97. The Morgan fingerprint density at radius 3 is 2.00 bits per heavy atom. The average molecular weight is 263 g/mol. The average Bonchev–Trinajstić information content (AvgIpc) is 2.53. The quantitative estimate of drug-likeness (QED) is 0.654. The summed E-state index contributed by atoms with van der Waals surface area (Å²) in [6, 6.07) is 10.4. The number of benzene rings is 1. The Morgan fingerprint density at radius 1 is 1.00 bits per heavy atom. The molecule has 18 heavy (non-hydrogen) atoms. The predicted molar refractivity (Wildman–Crippen MR) is 68.3 cm³/mol. The highest BCUT2D eigenvalue weighted by molar-refractivity contribution is 5.75. The van der Waals surface area contributed by atoms with Crippen LogP contribution >= 0.6 is 0 Å². The van der Waals surface area contributed by atoms with Gasteiger partial charge in [-0.2, -0.15) is 0 Å². The minimum atomic E-state index is 0. The Balaban J connectivity index is -0.000000196. The SMILES string of the molecule is Cc1ncc(Cc2ccccc2)[nH]1.F.F.F.F.[B]. The summed E-state index contributed by atoms with van der Waals surface area (Å²) in [7, 11) is 0. The fourth-order valence-corrected chi connectivity index (χ4v) is 1.38. The molecule has 2 rings (SSSR count). The van der Waals surface area contributed by atoms with Gasteiger partial charge in [-0.25, -0.2) is 4.98 Å². The third kappa shape index (κ3) is 6.72. The summed E-state index contributed by atoms with van der Waals surface area (Å²) in [5, 5.41) is 0. The van der Waals surface area contributed by atoms with E-state index in [4.69, 9.17) is 0 Å². The maximum absolute atomic E-state index is 4.16. The van der Waals surface area contributed by atoms with Crippen molar-refractivity contribution in [1.29, 1.82) is 0 Å². The number of H-pyrrole nitrogens is 1. The minimum absolute atomic E-state index is 0. The summed E-state index contributed by atoms with van der Waals surface area (Å²) in [6.07, 6.45) is 2.82. The van der Waals surface area contributed by atoms with E-state index < -0.39 is 0 Å². The molecule has 1 heterocycles. The number of aryl methyl sites for hydroxylation is 1. The molecule has 0 saturated heterocycles. The van der Waals surface area contributed by atoms with Gasteiger partial charge in [-0.3, -0.25) is 18.8 Å². The zero-order valence-corrected chi connectivity index (χ0v) is 9.83. The largest absolute Gasteiger partial charge is 0.346 e. The maximum Gasteiger partial charge on any atom is 0.103 e. The molecule has 0 atom stereocenters. The lowest BCUT2D eigenvalue weighted by Crippen LogP contribution is -1.87. The van der Waals surface area contributed by atoms with Gasteiger partial charge in [0, 0.05) is 26.7 Å². The fourth-order valence-electron chi connectivity index (χ4n) is 1.38. The first kappa shape index (κ1) is 25.2. The summed E-state index contributed by atoms with van der Waals surface area (Å²) < 4.78 is 0. The molecule has 0 saturated carbocycles. The number of rotatable bonds is 2. The molecule has 0 fully saturated rings. The van der Waals surface area contributed by atoms with Crippen molar-refractivity contribution < 1.29 is 18.8 Å². The minimum Gasteiger partial charge on any atom is -0.346 e. The Bertz CT molecular complexity index is 395. The number of halogens is 4. The van der Waals surface area contributed by atoms with Crippen LogP contribution in [-0.2, 0) is 6.42 Å². The van der Waals surface area contributed by atoms with Crippen molar-refractivity contribution in [3.05, 3.63) is 53.6 Å². The van der Waals surface area contributed by atoms with Gasteiger partial charge >= 0.3 is 0 Å². The molecule has 101 valence electrons. The van der Waals surface area contributed by atoms with Crippen LogP contribution in [0.2, 0.25) is 0 Å². The van der Waals surface area contributed by atoms with Crippen LogP contribution in [0.1, 0.15) is 17.1 Å². The smallest absolute Gasteiger partial charge is 0.103 e. The highest BCUT2D eigenvalue weighted by Crippen LogP contribution is 2.06. The summed E-state index contributed by atoms with van der Waals surface area (Å²) in [5.41, 5.74) is 2.48. The van der Waals surface area contributed by atoms with E-state index in [1.807, 2.05) is 19.2 Å². The van der Waals surface area contributed by atoms with Gasteiger partial charge in [-0.05, 0) is 12.5 Å². The molecule has 0 aliphatic heterocycles. The van der Waals surface area contributed by atoms with Crippen molar-refractivity contribution in [1.82, 2.24) is 9.97 Å². The number of hydrogen-bond donors (Lipinski definition) is 1. The molecule has 3 radical (unpaired) electrons. The van der Waals surface area contributed by atoms with Gasteiger partial charge in [0.1, 0.15) is 5.82 Å². The first-order chi connectivity index (χ1) is 6.34. The molecule has 0 spiro atoms. The van der Waals surface area contributed by atoms with Gasteiger partial charge < -0.3 is 4.98 Å². The molecule has 0 aliphatic rings. The Labute approximate surface area is 105 Å². The van der Waals surface area contributed by atoms with Crippen LogP contribution in [-0.4, -0.2) is 18.4 Å². The first-order valence-corrected chi connectivity index (χ1v) is 4.39. The van der Waals surface area contributed by atoms with E-state index in [1.54, 1.807) is 0 Å². The maximum atomic E-state index is 4.16. The molecule has 0 amide bonds. The van der Waals surface area contributed by atoms with Crippen molar-refractivity contribution in [2.45, 2.75) is 13.3 Å². The monoisotopic (exact) mass is 263 g/mol. The molecule has 2 aromatic rings. The zero-order chi connectivity index (χ0) is 9.10. The Kier molecular flexibility index (Phi) is 16.3. The second kappa shape index (κ2) is 11.7. The van der Waals surface area contributed by atoms with Crippen molar-refractivity contribution >= 4 is 8.41 Å². The molecule has 0 aliphatic carbocycles. The fraction of sp³-hybridized carbons (Fsp3) is 0.182. The molecule has 2 nitrogen and oxygen atoms in total. The molecular weight excluding hydrogens is 247 g/mol. The first-order valence-electron chi connectivity index (χ1n) is 4.39. The van der Waals surface area contributed by atoms with Gasteiger partial charge in [0.25, 0.3) is 0 Å². The van der Waals surface area contributed by atoms with Crippen LogP contribution in [0.5, 0.6) is 0 Å². The summed E-state index contributed by atoms with van der Waals surface area (Å²) in [5.74, 6) is 0.978. The van der Waals surface area contributed by atoms with Gasteiger partial charge in [0.15, 0.2) is 0 Å². The van der Waals surface area contributed by atoms with Crippen molar-refractivity contribution in [2.24, 2.45) is 0 Å². The Morgan fingerprint density at radius 2 is 1.56 bits per heavy atom. The molecule has 0 unspecified atom stereocenters. The molecule has 0 bridgehead atoms. The lowest BCUT2D eigenvalue weighted by molar-refractivity contribution is 1.07. The zero-order valence-electron chi connectivity index (χ0n) is 9.83. The predicted octanol–water partition coefficient (Wildman–Crippen LogP) is 2.54. The normalized spacial score (nSPS) is 7.39. The number of hydrogen-bond acceptors (Lipinski definition) is 1. The second-order valence-corrected chi connectivity index (χ2v) is 3.16. The topological polar surface area (TPSA) is 28.7 Å². The van der Waals surface area contributed by atoms with Crippen LogP contribution < -0.4 is 0 Å². The lowest BCUT2D eigenvalue weighted by atomic mass is 10.1. The third-order valence-electron chi connectivity index (χ3n) is 1.99. The van der Waals surface area contributed by atoms with E-state index in [-0.39, 0.29) is 27.2 Å². The number of aromatic nitrogens is 2. The van der Waals surface area contributed by atoms with E-state index in [0.717, 1.165) is 12.2 Å². The van der Waals surface area contributed by atoms with Crippen LogP contribution in [0.4, 0.5) is 18.8 Å². The summed E-state index contributed by atoms with van der Waals surface area (Å²) in [4.78, 5) is 7.37. The van der Waals surface area contributed by atoms with E-state index in [9.17, 15) is 0 Å². The van der Waals surface area contributed by atoms with Gasteiger partial charge in [0.05, 0.1) is 0 Å². The van der Waals surface area contributed by atoms with E-state index in [0.29, 0.717) is 0 Å². The molecule has 1 aromatic carbocycles. The third-order valence-corrected chi connectivity index (χ3v) is 1.99. The number of imidazole rings is 1. The van der Waals surface area contributed by atoms with E-state index in [1.165, 1.54) is 11.3 Å². The van der Waals surface area contributed by atoms with Gasteiger partial charge in [0.2, 0.25) is 0 Å². The number of nitrogens with one attached hydrogen (secondary N) is 1. The standard InChI is InChI=1S/C11H12N2.B.4FH/c1-9-12-8-11(13-9)7-10-5-3-2-4-6-10;;;;;/h2-6,8H,7H2,1H3,(H,12,13);;4*1H. The molecule has 7 heteroatoms. The Hall–Kier alpha value is -1.79. The van der Waals surface area contributed by atoms with Crippen LogP contribution in [0.3, 0.4) is 0 Å².